The van der Waals surface area contributed by atoms with Crippen molar-refractivity contribution in [2.45, 2.75) is 38.5 Å². The molecule has 0 radical (unpaired) electrons. The van der Waals surface area contributed by atoms with Crippen molar-refractivity contribution in [3.63, 3.8) is 0 Å². The van der Waals surface area contributed by atoms with Gasteiger partial charge in [0.1, 0.15) is 0 Å². The Morgan fingerprint density at radius 2 is 1.71 bits per heavy atom. The highest BCUT2D eigenvalue weighted by Gasteiger charge is 2.32. The highest BCUT2D eigenvalue weighted by molar-refractivity contribution is 5.87. The van der Waals surface area contributed by atoms with Crippen molar-refractivity contribution in [2.75, 3.05) is 26.2 Å². The first kappa shape index (κ1) is 16.7. The van der Waals surface area contributed by atoms with Crippen LogP contribution < -0.4 is 0 Å². The second kappa shape index (κ2) is 7.15. The number of aromatic nitrogens is 2. The van der Waals surface area contributed by atoms with E-state index < -0.39 is 0 Å². The van der Waals surface area contributed by atoms with Gasteiger partial charge in [-0.1, -0.05) is 6.58 Å². The zero-order valence-electron chi connectivity index (χ0n) is 14.1. The van der Waals surface area contributed by atoms with Gasteiger partial charge in [-0.3, -0.25) is 9.59 Å². The lowest BCUT2D eigenvalue weighted by Crippen LogP contribution is -2.46. The van der Waals surface area contributed by atoms with Crippen molar-refractivity contribution in [3.8, 4) is 0 Å². The Morgan fingerprint density at radius 1 is 1.08 bits per heavy atom. The second-order valence-corrected chi connectivity index (χ2v) is 6.56. The number of aryl methyl sites for hydroxylation is 1. The third-order valence-corrected chi connectivity index (χ3v) is 5.03. The van der Waals surface area contributed by atoms with Gasteiger partial charge in [0, 0.05) is 44.9 Å². The summed E-state index contributed by atoms with van der Waals surface area (Å²) in [5.74, 6) is 1.74. The van der Waals surface area contributed by atoms with Gasteiger partial charge in [-0.05, 0) is 31.8 Å². The summed E-state index contributed by atoms with van der Waals surface area (Å²) in [5.41, 5.74) is 0. The van der Waals surface area contributed by atoms with E-state index in [2.05, 4.69) is 16.8 Å². The number of hydrogen-bond acceptors (Lipinski definition) is 5. The largest absolute Gasteiger partial charge is 0.425 e. The molecule has 24 heavy (non-hydrogen) atoms. The number of rotatable bonds is 3. The van der Waals surface area contributed by atoms with E-state index in [0.717, 1.165) is 38.8 Å². The van der Waals surface area contributed by atoms with Crippen LogP contribution in [0.5, 0.6) is 0 Å². The van der Waals surface area contributed by atoms with Gasteiger partial charge in [0.15, 0.2) is 0 Å². The molecule has 0 spiro atoms. The number of likely N-dealkylation sites (tertiary alicyclic amines) is 2. The molecular weight excluding hydrogens is 308 g/mol. The molecule has 2 saturated heterocycles. The predicted octanol–water partition coefficient (Wildman–Crippen LogP) is 1.51. The normalized spacial score (nSPS) is 20.2. The first-order valence-electron chi connectivity index (χ1n) is 8.58. The van der Waals surface area contributed by atoms with E-state index in [-0.39, 0.29) is 23.7 Å². The molecule has 0 unspecified atom stereocenters. The first-order chi connectivity index (χ1) is 11.6. The van der Waals surface area contributed by atoms with Crippen LogP contribution in [-0.2, 0) is 9.59 Å². The Bertz CT molecular complexity index is 611. The van der Waals surface area contributed by atoms with Gasteiger partial charge in [0.25, 0.3) is 0 Å². The van der Waals surface area contributed by atoms with Crippen LogP contribution in [0.15, 0.2) is 17.1 Å². The molecule has 130 valence electrons. The van der Waals surface area contributed by atoms with Crippen LogP contribution in [0.4, 0.5) is 0 Å². The maximum Gasteiger partial charge on any atom is 0.245 e. The minimum Gasteiger partial charge on any atom is -0.425 e. The van der Waals surface area contributed by atoms with Crippen molar-refractivity contribution in [1.29, 1.82) is 0 Å². The Morgan fingerprint density at radius 3 is 2.25 bits per heavy atom. The Kier molecular flexibility index (Phi) is 4.97. The Balaban J connectivity index is 1.49. The third-order valence-electron chi connectivity index (χ3n) is 5.03. The number of piperidine rings is 2. The predicted molar refractivity (Wildman–Crippen MR) is 87.1 cm³/mol. The van der Waals surface area contributed by atoms with Crippen molar-refractivity contribution >= 4 is 11.8 Å². The molecule has 0 saturated carbocycles. The minimum atomic E-state index is -0.0448. The summed E-state index contributed by atoms with van der Waals surface area (Å²) in [6.07, 6.45) is 4.54. The molecule has 3 rings (SSSR count). The van der Waals surface area contributed by atoms with Gasteiger partial charge < -0.3 is 14.2 Å². The van der Waals surface area contributed by atoms with Crippen LogP contribution in [0, 0.1) is 12.8 Å². The van der Waals surface area contributed by atoms with Gasteiger partial charge in [0.2, 0.25) is 23.6 Å². The van der Waals surface area contributed by atoms with Gasteiger partial charge in [-0.2, -0.15) is 0 Å². The Hall–Kier alpha value is -2.18. The molecule has 0 N–H and O–H groups in total. The summed E-state index contributed by atoms with van der Waals surface area (Å²) in [6.45, 7) is 8.05. The van der Waals surface area contributed by atoms with E-state index >= 15 is 0 Å². The number of carbonyl (C=O) groups is 2. The molecule has 1 aromatic heterocycles. The molecule has 0 bridgehead atoms. The highest BCUT2D eigenvalue weighted by Crippen LogP contribution is 2.29. The summed E-state index contributed by atoms with van der Waals surface area (Å²) in [4.78, 5) is 28.0. The summed E-state index contributed by atoms with van der Waals surface area (Å²) in [6, 6.07) is 0. The van der Waals surface area contributed by atoms with Crippen molar-refractivity contribution in [3.05, 3.63) is 24.4 Å². The highest BCUT2D eigenvalue weighted by atomic mass is 16.4. The molecule has 0 atom stereocenters. The summed E-state index contributed by atoms with van der Waals surface area (Å²) < 4.78 is 5.51. The number of amides is 2. The van der Waals surface area contributed by atoms with E-state index in [0.29, 0.717) is 24.9 Å². The standard InChI is InChI=1S/C17H24N4O3/c1-3-15(22)20-8-6-14(7-9-20)17(23)21-10-4-13(5-11-21)16-19-18-12(2)24-16/h3,13-14H,1,4-11H2,2H3. The second-order valence-electron chi connectivity index (χ2n) is 6.56. The molecule has 1 aromatic rings. The lowest BCUT2D eigenvalue weighted by Gasteiger charge is -2.36. The van der Waals surface area contributed by atoms with Crippen LogP contribution >= 0.6 is 0 Å². The van der Waals surface area contributed by atoms with E-state index in [1.165, 1.54) is 6.08 Å². The number of hydrogen-bond donors (Lipinski definition) is 0. The summed E-state index contributed by atoms with van der Waals surface area (Å²) in [5, 5.41) is 7.98. The SMILES string of the molecule is C=CC(=O)N1CCC(C(=O)N2CCC(c3nnc(C)o3)CC2)CC1. The van der Waals surface area contributed by atoms with Crippen LogP contribution in [0.2, 0.25) is 0 Å². The molecule has 0 aromatic carbocycles. The van der Waals surface area contributed by atoms with Gasteiger partial charge >= 0.3 is 0 Å². The molecule has 3 heterocycles. The lowest BCUT2D eigenvalue weighted by molar-refractivity contribution is -0.140. The maximum absolute atomic E-state index is 12.7. The third kappa shape index (κ3) is 3.49. The van der Waals surface area contributed by atoms with Gasteiger partial charge in [-0.25, -0.2) is 0 Å². The summed E-state index contributed by atoms with van der Waals surface area (Å²) >= 11 is 0. The molecule has 7 heteroatoms. The van der Waals surface area contributed by atoms with Crippen molar-refractivity contribution in [1.82, 2.24) is 20.0 Å². The van der Waals surface area contributed by atoms with Crippen LogP contribution in [-0.4, -0.2) is 58.0 Å². The number of nitrogens with zero attached hydrogens (tertiary/aromatic N) is 4. The quantitative estimate of drug-likeness (QED) is 0.784. The zero-order chi connectivity index (χ0) is 17.1. The zero-order valence-corrected chi connectivity index (χ0v) is 14.1. The van der Waals surface area contributed by atoms with Crippen molar-refractivity contribution in [2.24, 2.45) is 5.92 Å². The average Bonchev–Trinajstić information content (AvgIpc) is 3.07. The van der Waals surface area contributed by atoms with Crippen LogP contribution in [0.25, 0.3) is 0 Å². The molecule has 2 amide bonds. The van der Waals surface area contributed by atoms with Gasteiger partial charge in [0.05, 0.1) is 0 Å². The molecule has 2 aliphatic rings. The van der Waals surface area contributed by atoms with Crippen molar-refractivity contribution < 1.29 is 14.0 Å². The topological polar surface area (TPSA) is 79.5 Å². The molecule has 2 fully saturated rings. The minimum absolute atomic E-state index is 0.0288. The van der Waals surface area contributed by atoms with Crippen LogP contribution in [0.1, 0.15) is 43.4 Å². The van der Waals surface area contributed by atoms with Crippen LogP contribution in [0.3, 0.4) is 0 Å². The summed E-state index contributed by atoms with van der Waals surface area (Å²) in [7, 11) is 0. The van der Waals surface area contributed by atoms with E-state index in [4.69, 9.17) is 4.42 Å². The fourth-order valence-electron chi connectivity index (χ4n) is 3.56. The fraction of sp³-hybridized carbons (Fsp3) is 0.647. The van der Waals surface area contributed by atoms with E-state index in [9.17, 15) is 9.59 Å². The Labute approximate surface area is 141 Å². The van der Waals surface area contributed by atoms with E-state index in [1.807, 2.05) is 4.90 Å². The monoisotopic (exact) mass is 332 g/mol. The molecular formula is C17H24N4O3. The lowest BCUT2D eigenvalue weighted by atomic mass is 9.92. The number of carbonyl (C=O) groups excluding carboxylic acids is 2. The first-order valence-corrected chi connectivity index (χ1v) is 8.58. The van der Waals surface area contributed by atoms with Gasteiger partial charge in [-0.15, -0.1) is 10.2 Å². The fourth-order valence-corrected chi connectivity index (χ4v) is 3.56. The van der Waals surface area contributed by atoms with E-state index in [1.54, 1.807) is 11.8 Å². The smallest absolute Gasteiger partial charge is 0.245 e. The maximum atomic E-state index is 12.7. The molecule has 0 aliphatic carbocycles. The average molecular weight is 332 g/mol. The molecule has 7 nitrogen and oxygen atoms in total. The molecule has 2 aliphatic heterocycles.